The Morgan fingerprint density at radius 1 is 1.54 bits per heavy atom. The minimum atomic E-state index is 0.0881. The van der Waals surface area contributed by atoms with Gasteiger partial charge in [-0.1, -0.05) is 12.1 Å². The van der Waals surface area contributed by atoms with E-state index in [4.69, 9.17) is 4.74 Å². The quantitative estimate of drug-likeness (QED) is 0.643. The first-order valence-corrected chi connectivity index (χ1v) is 4.48. The Hall–Kier alpha value is -1.31. The van der Waals surface area contributed by atoms with E-state index < -0.39 is 0 Å². The Kier molecular flexibility index (Phi) is 2.05. The molecule has 1 atom stereocenters. The van der Waals surface area contributed by atoms with Crippen LogP contribution >= 0.6 is 0 Å². The molecule has 2 rings (SSSR count). The fraction of sp³-hybridized carbons (Fsp3) is 0.364. The van der Waals surface area contributed by atoms with Gasteiger partial charge in [0.25, 0.3) is 0 Å². The lowest BCUT2D eigenvalue weighted by atomic mass is 10.0. The highest BCUT2D eigenvalue weighted by atomic mass is 16.5. The molecule has 1 aliphatic carbocycles. The number of carbonyl (C=O) groups excluding carboxylic acids is 1. The summed E-state index contributed by atoms with van der Waals surface area (Å²) in [5, 5.41) is 0. The Morgan fingerprint density at radius 3 is 3.08 bits per heavy atom. The van der Waals surface area contributed by atoms with Gasteiger partial charge in [-0.15, -0.1) is 0 Å². The van der Waals surface area contributed by atoms with Crippen LogP contribution < -0.4 is 4.74 Å². The summed E-state index contributed by atoms with van der Waals surface area (Å²) in [5.74, 6) is 1.01. The summed E-state index contributed by atoms with van der Waals surface area (Å²) in [7, 11) is 1.67. The lowest BCUT2D eigenvalue weighted by Gasteiger charge is -2.07. The second-order valence-electron chi connectivity index (χ2n) is 3.31. The number of benzene rings is 1. The van der Waals surface area contributed by atoms with E-state index >= 15 is 0 Å². The van der Waals surface area contributed by atoms with Crippen LogP contribution in [0.15, 0.2) is 18.2 Å². The predicted molar refractivity (Wildman–Crippen MR) is 50.1 cm³/mol. The number of fused-ring (bicyclic) bond motifs is 1. The van der Waals surface area contributed by atoms with Crippen molar-refractivity contribution in [3.63, 3.8) is 0 Å². The zero-order valence-electron chi connectivity index (χ0n) is 7.62. The molecule has 0 fully saturated rings. The van der Waals surface area contributed by atoms with Gasteiger partial charge in [-0.2, -0.15) is 0 Å². The molecule has 1 aromatic carbocycles. The summed E-state index contributed by atoms with van der Waals surface area (Å²) in [6.45, 7) is 0. The van der Waals surface area contributed by atoms with Crippen LogP contribution in [0.4, 0.5) is 0 Å². The largest absolute Gasteiger partial charge is 0.496 e. The highest BCUT2D eigenvalue weighted by Gasteiger charge is 2.24. The summed E-state index contributed by atoms with van der Waals surface area (Å²) in [6, 6.07) is 5.91. The molecule has 0 aliphatic heterocycles. The Morgan fingerprint density at radius 2 is 2.38 bits per heavy atom. The van der Waals surface area contributed by atoms with E-state index in [9.17, 15) is 4.79 Å². The summed E-state index contributed by atoms with van der Waals surface area (Å²) in [6.07, 6.45) is 2.92. The van der Waals surface area contributed by atoms with E-state index in [1.807, 2.05) is 18.2 Å². The maximum Gasteiger partial charge on any atom is 0.127 e. The molecule has 13 heavy (non-hydrogen) atoms. The molecule has 0 saturated carbocycles. The fourth-order valence-electron chi connectivity index (χ4n) is 1.99. The van der Waals surface area contributed by atoms with Gasteiger partial charge < -0.3 is 9.53 Å². The molecule has 68 valence electrons. The van der Waals surface area contributed by atoms with Crippen LogP contribution in [0.3, 0.4) is 0 Å². The first kappa shape index (κ1) is 8.30. The number of carbonyl (C=O) groups is 1. The number of hydrogen-bond donors (Lipinski definition) is 0. The van der Waals surface area contributed by atoms with Gasteiger partial charge in [0, 0.05) is 5.92 Å². The normalized spacial score (nSPS) is 19.6. The maximum absolute atomic E-state index is 10.7. The van der Waals surface area contributed by atoms with E-state index in [1.165, 1.54) is 5.56 Å². The second-order valence-corrected chi connectivity index (χ2v) is 3.31. The lowest BCUT2D eigenvalue weighted by Crippen LogP contribution is -1.94. The van der Waals surface area contributed by atoms with Gasteiger partial charge in [0.2, 0.25) is 0 Å². The van der Waals surface area contributed by atoms with Crippen LogP contribution in [0.25, 0.3) is 0 Å². The van der Waals surface area contributed by atoms with E-state index in [-0.39, 0.29) is 5.92 Å². The zero-order chi connectivity index (χ0) is 9.26. The molecule has 1 unspecified atom stereocenters. The summed E-state index contributed by atoms with van der Waals surface area (Å²) in [4.78, 5) is 10.7. The van der Waals surface area contributed by atoms with Crippen molar-refractivity contribution in [2.24, 2.45) is 0 Å². The highest BCUT2D eigenvalue weighted by Crippen LogP contribution is 2.36. The topological polar surface area (TPSA) is 26.3 Å². The molecule has 1 aromatic rings. The summed E-state index contributed by atoms with van der Waals surface area (Å²) < 4.78 is 5.23. The number of methoxy groups -OCH3 is 1. The third-order valence-electron chi connectivity index (χ3n) is 2.66. The van der Waals surface area contributed by atoms with Gasteiger partial charge in [-0.05, 0) is 30.0 Å². The van der Waals surface area contributed by atoms with E-state index in [0.717, 1.165) is 30.4 Å². The van der Waals surface area contributed by atoms with Crippen molar-refractivity contribution in [1.29, 1.82) is 0 Å². The molecule has 0 spiro atoms. The van der Waals surface area contributed by atoms with Crippen molar-refractivity contribution < 1.29 is 9.53 Å². The van der Waals surface area contributed by atoms with E-state index in [0.29, 0.717) is 0 Å². The Bertz CT molecular complexity index is 331. The molecule has 0 heterocycles. The van der Waals surface area contributed by atoms with Crippen molar-refractivity contribution in [3.05, 3.63) is 29.3 Å². The SMILES string of the molecule is COc1cccc2c1CCC2C=O. The monoisotopic (exact) mass is 176 g/mol. The average molecular weight is 176 g/mol. The minimum absolute atomic E-state index is 0.0881. The third kappa shape index (κ3) is 1.22. The molecule has 1 aliphatic rings. The summed E-state index contributed by atoms with van der Waals surface area (Å²) in [5.41, 5.74) is 2.36. The number of rotatable bonds is 2. The van der Waals surface area contributed by atoms with Gasteiger partial charge in [-0.25, -0.2) is 0 Å². The van der Waals surface area contributed by atoms with Crippen LogP contribution in [0.2, 0.25) is 0 Å². The van der Waals surface area contributed by atoms with Gasteiger partial charge in [0.1, 0.15) is 12.0 Å². The van der Waals surface area contributed by atoms with Crippen LogP contribution in [-0.4, -0.2) is 13.4 Å². The molecular formula is C11H12O2. The van der Waals surface area contributed by atoms with Gasteiger partial charge >= 0.3 is 0 Å². The molecule has 0 aromatic heterocycles. The van der Waals surface area contributed by atoms with Crippen LogP contribution in [0, 0.1) is 0 Å². The van der Waals surface area contributed by atoms with Crippen molar-refractivity contribution >= 4 is 6.29 Å². The summed E-state index contributed by atoms with van der Waals surface area (Å²) >= 11 is 0. The van der Waals surface area contributed by atoms with Gasteiger partial charge in [0.05, 0.1) is 7.11 Å². The average Bonchev–Trinajstić information content (AvgIpc) is 2.60. The molecular weight excluding hydrogens is 164 g/mol. The van der Waals surface area contributed by atoms with Crippen molar-refractivity contribution in [2.75, 3.05) is 7.11 Å². The molecule has 2 nitrogen and oxygen atoms in total. The zero-order valence-corrected chi connectivity index (χ0v) is 7.62. The molecule has 0 bridgehead atoms. The van der Waals surface area contributed by atoms with Crippen LogP contribution in [-0.2, 0) is 11.2 Å². The van der Waals surface area contributed by atoms with Gasteiger partial charge in [-0.3, -0.25) is 0 Å². The lowest BCUT2D eigenvalue weighted by molar-refractivity contribution is -0.109. The molecule has 0 radical (unpaired) electrons. The molecule has 0 N–H and O–H groups in total. The number of hydrogen-bond acceptors (Lipinski definition) is 2. The Balaban J connectivity index is 2.48. The van der Waals surface area contributed by atoms with Crippen molar-refractivity contribution in [3.8, 4) is 5.75 Å². The second kappa shape index (κ2) is 3.21. The maximum atomic E-state index is 10.7. The first-order chi connectivity index (χ1) is 6.36. The van der Waals surface area contributed by atoms with Crippen molar-refractivity contribution in [1.82, 2.24) is 0 Å². The fourth-order valence-corrected chi connectivity index (χ4v) is 1.99. The van der Waals surface area contributed by atoms with E-state index in [2.05, 4.69) is 0 Å². The number of aldehydes is 1. The smallest absolute Gasteiger partial charge is 0.127 e. The number of ether oxygens (including phenoxy) is 1. The van der Waals surface area contributed by atoms with E-state index in [1.54, 1.807) is 7.11 Å². The molecule has 0 amide bonds. The van der Waals surface area contributed by atoms with Crippen LogP contribution in [0.5, 0.6) is 5.75 Å². The minimum Gasteiger partial charge on any atom is -0.496 e. The predicted octanol–water partition coefficient (Wildman–Crippen LogP) is 1.92. The third-order valence-corrected chi connectivity index (χ3v) is 2.66. The Labute approximate surface area is 77.5 Å². The molecule has 0 saturated heterocycles. The highest BCUT2D eigenvalue weighted by molar-refractivity contribution is 5.66. The van der Waals surface area contributed by atoms with Gasteiger partial charge in [0.15, 0.2) is 0 Å². The molecule has 2 heteroatoms. The van der Waals surface area contributed by atoms with Crippen molar-refractivity contribution in [2.45, 2.75) is 18.8 Å². The van der Waals surface area contributed by atoms with Crippen LogP contribution in [0.1, 0.15) is 23.5 Å². The first-order valence-electron chi connectivity index (χ1n) is 4.48. The standard InChI is InChI=1S/C11H12O2/c1-13-11-4-2-3-9-8(7-12)5-6-10(9)11/h2-4,7-8H,5-6H2,1H3.